The lowest BCUT2D eigenvalue weighted by atomic mass is 10.1. The lowest BCUT2D eigenvalue weighted by Crippen LogP contribution is -2.31. The molecule has 3 rings (SSSR count). The van der Waals surface area contributed by atoms with Gasteiger partial charge in [-0.25, -0.2) is 4.90 Å². The molecular formula is C17H12BrNO3. The fourth-order valence-corrected chi connectivity index (χ4v) is 2.88. The van der Waals surface area contributed by atoms with Crippen molar-refractivity contribution in [1.82, 2.24) is 0 Å². The van der Waals surface area contributed by atoms with Crippen LogP contribution in [0.15, 0.2) is 40.9 Å². The fraction of sp³-hybridized carbons (Fsp3) is 0.118. The molecule has 0 fully saturated rings. The number of halogens is 1. The van der Waals surface area contributed by atoms with Crippen molar-refractivity contribution >= 4 is 39.2 Å². The normalized spacial score (nSPS) is 13.5. The van der Waals surface area contributed by atoms with E-state index < -0.39 is 11.8 Å². The highest BCUT2D eigenvalue weighted by molar-refractivity contribution is 9.10. The minimum absolute atomic E-state index is 0.202. The molecule has 2 aromatic rings. The van der Waals surface area contributed by atoms with Gasteiger partial charge in [-0.15, -0.1) is 0 Å². The summed E-state index contributed by atoms with van der Waals surface area (Å²) in [5.41, 5.74) is 2.24. The summed E-state index contributed by atoms with van der Waals surface area (Å²) in [6.45, 7) is 3.26. The van der Waals surface area contributed by atoms with Crippen LogP contribution in [0, 0.1) is 6.92 Å². The van der Waals surface area contributed by atoms with E-state index >= 15 is 0 Å². The zero-order chi connectivity index (χ0) is 16.0. The van der Waals surface area contributed by atoms with Crippen LogP contribution in [0.2, 0.25) is 0 Å². The molecule has 0 N–H and O–H groups in total. The zero-order valence-corrected chi connectivity index (χ0v) is 13.6. The maximum absolute atomic E-state index is 12.6. The van der Waals surface area contributed by atoms with Gasteiger partial charge in [0.15, 0.2) is 5.78 Å². The molecule has 0 unspecified atom stereocenters. The van der Waals surface area contributed by atoms with Crippen molar-refractivity contribution in [3.8, 4) is 0 Å². The number of Topliss-reactive ketones (excluding diaryl/α,β-unsaturated/α-hetero) is 1. The lowest BCUT2D eigenvalue weighted by molar-refractivity contribution is 0.0926. The second-order valence-electron chi connectivity index (χ2n) is 5.17. The van der Waals surface area contributed by atoms with E-state index in [-0.39, 0.29) is 5.78 Å². The molecular weight excluding hydrogens is 346 g/mol. The summed E-state index contributed by atoms with van der Waals surface area (Å²) in [4.78, 5) is 38.1. The van der Waals surface area contributed by atoms with Crippen LogP contribution in [-0.2, 0) is 0 Å². The second kappa shape index (κ2) is 5.18. The van der Waals surface area contributed by atoms with E-state index in [2.05, 4.69) is 15.9 Å². The summed E-state index contributed by atoms with van der Waals surface area (Å²) >= 11 is 3.38. The van der Waals surface area contributed by atoms with Crippen molar-refractivity contribution in [2.24, 2.45) is 0 Å². The van der Waals surface area contributed by atoms with E-state index in [4.69, 9.17) is 0 Å². The average Bonchev–Trinajstić information content (AvgIpc) is 2.74. The number of aryl methyl sites for hydroxylation is 1. The summed E-state index contributed by atoms with van der Waals surface area (Å²) in [5, 5.41) is 0. The van der Waals surface area contributed by atoms with Gasteiger partial charge >= 0.3 is 0 Å². The van der Waals surface area contributed by atoms with Gasteiger partial charge in [0.2, 0.25) is 0 Å². The number of anilines is 1. The standard InChI is InChI=1S/C17H12BrNO3/c1-9-7-15(13(10(2)20)8-14(9)18)19-16(21)11-5-3-4-6-12(11)17(19)22/h3-8H,1-2H3. The number of amides is 2. The number of fused-ring (bicyclic) bond motifs is 1. The maximum Gasteiger partial charge on any atom is 0.266 e. The summed E-state index contributed by atoms with van der Waals surface area (Å²) < 4.78 is 0.762. The first kappa shape index (κ1) is 14.7. The molecule has 0 spiro atoms. The van der Waals surface area contributed by atoms with E-state index in [9.17, 15) is 14.4 Å². The molecule has 0 atom stereocenters. The van der Waals surface area contributed by atoms with Gasteiger partial charge in [0.05, 0.1) is 16.8 Å². The largest absolute Gasteiger partial charge is 0.294 e. The third-order valence-corrected chi connectivity index (χ3v) is 4.55. The van der Waals surface area contributed by atoms with Crippen LogP contribution in [0.4, 0.5) is 5.69 Å². The number of hydrogen-bond acceptors (Lipinski definition) is 3. The number of hydrogen-bond donors (Lipinski definition) is 0. The molecule has 0 bridgehead atoms. The van der Waals surface area contributed by atoms with Crippen molar-refractivity contribution < 1.29 is 14.4 Å². The van der Waals surface area contributed by atoms with Gasteiger partial charge in [-0.2, -0.15) is 0 Å². The SMILES string of the molecule is CC(=O)c1cc(Br)c(C)cc1N1C(=O)c2ccccc2C1=O. The molecule has 2 amide bonds. The minimum Gasteiger partial charge on any atom is -0.294 e. The Morgan fingerprint density at radius 2 is 1.59 bits per heavy atom. The van der Waals surface area contributed by atoms with Crippen molar-refractivity contribution in [3.05, 3.63) is 63.1 Å². The van der Waals surface area contributed by atoms with Crippen LogP contribution < -0.4 is 4.90 Å². The highest BCUT2D eigenvalue weighted by atomic mass is 79.9. The Morgan fingerprint density at radius 3 is 2.09 bits per heavy atom. The second-order valence-corrected chi connectivity index (χ2v) is 6.02. The predicted octanol–water partition coefficient (Wildman–Crippen LogP) is 3.76. The van der Waals surface area contributed by atoms with Crippen molar-refractivity contribution in [2.75, 3.05) is 4.90 Å². The smallest absolute Gasteiger partial charge is 0.266 e. The van der Waals surface area contributed by atoms with Gasteiger partial charge < -0.3 is 0 Å². The number of carbonyl (C=O) groups excluding carboxylic acids is 3. The van der Waals surface area contributed by atoms with Crippen LogP contribution >= 0.6 is 15.9 Å². The van der Waals surface area contributed by atoms with Gasteiger partial charge in [-0.05, 0) is 43.7 Å². The Kier molecular flexibility index (Phi) is 3.45. The van der Waals surface area contributed by atoms with Crippen LogP contribution in [0.1, 0.15) is 43.6 Å². The number of benzene rings is 2. The molecule has 1 aliphatic rings. The molecule has 1 heterocycles. The topological polar surface area (TPSA) is 54.5 Å². The fourth-order valence-electron chi connectivity index (χ4n) is 2.54. The summed E-state index contributed by atoms with van der Waals surface area (Å²) in [6, 6.07) is 10.0. The first-order chi connectivity index (χ1) is 10.4. The molecule has 110 valence electrons. The molecule has 0 saturated heterocycles. The van der Waals surface area contributed by atoms with E-state index in [1.807, 2.05) is 6.92 Å². The monoisotopic (exact) mass is 357 g/mol. The molecule has 0 aliphatic carbocycles. The quantitative estimate of drug-likeness (QED) is 0.607. The van der Waals surface area contributed by atoms with Crippen molar-refractivity contribution in [3.63, 3.8) is 0 Å². The number of imide groups is 1. The predicted molar refractivity (Wildman–Crippen MR) is 86.5 cm³/mol. The van der Waals surface area contributed by atoms with Gasteiger partial charge in [0, 0.05) is 10.0 Å². The highest BCUT2D eigenvalue weighted by Crippen LogP contribution is 2.34. The molecule has 4 nitrogen and oxygen atoms in total. The van der Waals surface area contributed by atoms with Crippen LogP contribution in [0.25, 0.3) is 0 Å². The number of nitrogens with zero attached hydrogens (tertiary/aromatic N) is 1. The first-order valence-corrected chi connectivity index (χ1v) is 7.50. The van der Waals surface area contributed by atoms with Crippen LogP contribution in [0.3, 0.4) is 0 Å². The molecule has 1 aliphatic heterocycles. The Hall–Kier alpha value is -2.27. The Morgan fingerprint density at radius 1 is 1.05 bits per heavy atom. The van der Waals surface area contributed by atoms with E-state index in [1.165, 1.54) is 6.92 Å². The summed E-state index contributed by atoms with van der Waals surface area (Å²) in [5.74, 6) is -0.998. The molecule has 2 aromatic carbocycles. The molecule has 0 aromatic heterocycles. The van der Waals surface area contributed by atoms with Gasteiger partial charge in [-0.1, -0.05) is 28.1 Å². The first-order valence-electron chi connectivity index (χ1n) is 6.70. The van der Waals surface area contributed by atoms with E-state index in [0.29, 0.717) is 22.4 Å². The van der Waals surface area contributed by atoms with Gasteiger partial charge in [0.1, 0.15) is 0 Å². The third kappa shape index (κ3) is 2.09. The molecule has 22 heavy (non-hydrogen) atoms. The highest BCUT2D eigenvalue weighted by Gasteiger charge is 2.37. The van der Waals surface area contributed by atoms with Gasteiger partial charge in [-0.3, -0.25) is 14.4 Å². The average molecular weight is 358 g/mol. The lowest BCUT2D eigenvalue weighted by Gasteiger charge is -2.18. The van der Waals surface area contributed by atoms with Gasteiger partial charge in [0.25, 0.3) is 11.8 Å². The van der Waals surface area contributed by atoms with E-state index in [0.717, 1.165) is 14.9 Å². The Labute approximate surface area is 135 Å². The van der Waals surface area contributed by atoms with Crippen molar-refractivity contribution in [1.29, 1.82) is 0 Å². The van der Waals surface area contributed by atoms with Crippen molar-refractivity contribution in [2.45, 2.75) is 13.8 Å². The van der Waals surface area contributed by atoms with Crippen LogP contribution in [0.5, 0.6) is 0 Å². The summed E-state index contributed by atoms with van der Waals surface area (Å²) in [6.07, 6.45) is 0. The zero-order valence-electron chi connectivity index (χ0n) is 12.0. The molecule has 0 radical (unpaired) electrons. The third-order valence-electron chi connectivity index (χ3n) is 3.69. The Bertz CT molecular complexity index is 807. The van der Waals surface area contributed by atoms with Crippen LogP contribution in [-0.4, -0.2) is 17.6 Å². The summed E-state index contributed by atoms with van der Waals surface area (Å²) in [7, 11) is 0. The molecule has 5 heteroatoms. The Balaban J connectivity index is 2.22. The van der Waals surface area contributed by atoms with E-state index in [1.54, 1.807) is 36.4 Å². The minimum atomic E-state index is -0.398. The number of rotatable bonds is 2. The molecule has 0 saturated carbocycles. The maximum atomic E-state index is 12.6. The number of carbonyl (C=O) groups is 3. The number of ketones is 1.